The zero-order chi connectivity index (χ0) is 13.2. The zero-order valence-electron chi connectivity index (χ0n) is 10.9. The molecule has 0 aliphatic rings. The molecule has 19 heavy (non-hydrogen) atoms. The van der Waals surface area contributed by atoms with Gasteiger partial charge in [0.25, 0.3) is 0 Å². The van der Waals surface area contributed by atoms with Gasteiger partial charge in [0, 0.05) is 12.5 Å². The maximum absolute atomic E-state index is 9.43. The molecule has 0 amide bonds. The van der Waals surface area contributed by atoms with Gasteiger partial charge in [0.1, 0.15) is 11.6 Å². The summed E-state index contributed by atoms with van der Waals surface area (Å²) in [7, 11) is 0. The standard InChI is InChI=1S/C16H16N2O/c1-11-2-4-12(5-3-11)6-9-16-17-14-8-7-13(19)10-15(14)18-16/h2-5,7-8,10,19H,6,9H2,1H3,(H,17,18). The number of fused-ring (bicyclic) bond motifs is 1. The summed E-state index contributed by atoms with van der Waals surface area (Å²) in [5, 5.41) is 9.43. The molecule has 0 aliphatic carbocycles. The van der Waals surface area contributed by atoms with Gasteiger partial charge in [-0.25, -0.2) is 4.98 Å². The minimum Gasteiger partial charge on any atom is -0.508 e. The third kappa shape index (κ3) is 2.60. The Bertz CT molecular complexity index is 698. The number of nitrogens with zero attached hydrogens (tertiary/aromatic N) is 1. The van der Waals surface area contributed by atoms with Crippen molar-refractivity contribution in [2.24, 2.45) is 0 Å². The van der Waals surface area contributed by atoms with Gasteiger partial charge in [-0.05, 0) is 31.0 Å². The number of hydrogen-bond donors (Lipinski definition) is 2. The van der Waals surface area contributed by atoms with E-state index in [1.807, 2.05) is 6.07 Å². The van der Waals surface area contributed by atoms with Crippen molar-refractivity contribution in [2.75, 3.05) is 0 Å². The van der Waals surface area contributed by atoms with E-state index < -0.39 is 0 Å². The summed E-state index contributed by atoms with van der Waals surface area (Å²) in [5.74, 6) is 1.22. The van der Waals surface area contributed by atoms with Crippen molar-refractivity contribution in [3.63, 3.8) is 0 Å². The average Bonchev–Trinajstić information content (AvgIpc) is 2.80. The highest BCUT2D eigenvalue weighted by Crippen LogP contribution is 2.18. The Morgan fingerprint density at radius 3 is 2.63 bits per heavy atom. The van der Waals surface area contributed by atoms with Crippen LogP contribution >= 0.6 is 0 Å². The van der Waals surface area contributed by atoms with Crippen molar-refractivity contribution in [3.8, 4) is 5.75 Å². The molecule has 0 saturated carbocycles. The molecule has 0 unspecified atom stereocenters. The third-order valence-corrected chi connectivity index (χ3v) is 3.29. The second-order valence-corrected chi connectivity index (χ2v) is 4.87. The van der Waals surface area contributed by atoms with E-state index in [1.54, 1.807) is 12.1 Å². The van der Waals surface area contributed by atoms with E-state index in [1.165, 1.54) is 11.1 Å². The number of imidazole rings is 1. The first-order valence-electron chi connectivity index (χ1n) is 6.44. The van der Waals surface area contributed by atoms with Crippen LogP contribution in [0, 0.1) is 6.92 Å². The summed E-state index contributed by atoms with van der Waals surface area (Å²) < 4.78 is 0. The van der Waals surface area contributed by atoms with Crippen LogP contribution in [0.4, 0.5) is 0 Å². The van der Waals surface area contributed by atoms with Crippen molar-refractivity contribution in [3.05, 3.63) is 59.4 Å². The van der Waals surface area contributed by atoms with Gasteiger partial charge in [-0.1, -0.05) is 29.8 Å². The summed E-state index contributed by atoms with van der Waals surface area (Å²) in [5.41, 5.74) is 4.38. The molecule has 2 N–H and O–H groups in total. The fraction of sp³-hybridized carbons (Fsp3) is 0.188. The second-order valence-electron chi connectivity index (χ2n) is 4.87. The molecule has 2 aromatic carbocycles. The SMILES string of the molecule is Cc1ccc(CCc2nc3ccc(O)cc3[nH]2)cc1. The van der Waals surface area contributed by atoms with Crippen molar-refractivity contribution in [2.45, 2.75) is 19.8 Å². The van der Waals surface area contributed by atoms with Crippen molar-refractivity contribution in [1.82, 2.24) is 9.97 Å². The van der Waals surface area contributed by atoms with Crippen LogP contribution in [-0.4, -0.2) is 15.1 Å². The highest BCUT2D eigenvalue weighted by Gasteiger charge is 2.04. The van der Waals surface area contributed by atoms with E-state index in [-0.39, 0.29) is 5.75 Å². The molecule has 0 spiro atoms. The molecule has 0 aliphatic heterocycles. The number of aromatic hydroxyl groups is 1. The van der Waals surface area contributed by atoms with Crippen LogP contribution in [0.1, 0.15) is 17.0 Å². The van der Waals surface area contributed by atoms with E-state index in [2.05, 4.69) is 41.2 Å². The lowest BCUT2D eigenvalue weighted by Gasteiger charge is -1.99. The van der Waals surface area contributed by atoms with Gasteiger partial charge in [-0.3, -0.25) is 0 Å². The number of aryl methyl sites for hydroxylation is 3. The molecule has 3 heteroatoms. The molecule has 0 bridgehead atoms. The van der Waals surface area contributed by atoms with Gasteiger partial charge in [-0.2, -0.15) is 0 Å². The fourth-order valence-corrected chi connectivity index (χ4v) is 2.19. The van der Waals surface area contributed by atoms with Gasteiger partial charge in [0.15, 0.2) is 0 Å². The number of benzene rings is 2. The average molecular weight is 252 g/mol. The first-order chi connectivity index (χ1) is 9.20. The van der Waals surface area contributed by atoms with Crippen molar-refractivity contribution >= 4 is 11.0 Å². The maximum atomic E-state index is 9.43. The summed E-state index contributed by atoms with van der Waals surface area (Å²) in [4.78, 5) is 7.77. The van der Waals surface area contributed by atoms with Crippen LogP contribution < -0.4 is 0 Å². The number of hydrogen-bond acceptors (Lipinski definition) is 2. The first kappa shape index (κ1) is 11.8. The lowest BCUT2D eigenvalue weighted by Crippen LogP contribution is -1.93. The minimum absolute atomic E-state index is 0.265. The Balaban J connectivity index is 1.76. The zero-order valence-corrected chi connectivity index (χ0v) is 10.9. The highest BCUT2D eigenvalue weighted by molar-refractivity contribution is 5.76. The van der Waals surface area contributed by atoms with Gasteiger partial charge < -0.3 is 10.1 Å². The van der Waals surface area contributed by atoms with Crippen LogP contribution in [0.15, 0.2) is 42.5 Å². The first-order valence-corrected chi connectivity index (χ1v) is 6.44. The number of rotatable bonds is 3. The quantitative estimate of drug-likeness (QED) is 0.751. The molecule has 0 fully saturated rings. The molecule has 1 heterocycles. The topological polar surface area (TPSA) is 48.9 Å². The van der Waals surface area contributed by atoms with E-state index in [0.29, 0.717) is 0 Å². The molecule has 3 aromatic rings. The molecule has 96 valence electrons. The normalized spacial score (nSPS) is 11.0. The summed E-state index contributed by atoms with van der Waals surface area (Å²) in [6, 6.07) is 13.8. The number of aromatic amines is 1. The molecule has 3 nitrogen and oxygen atoms in total. The Morgan fingerprint density at radius 2 is 1.84 bits per heavy atom. The van der Waals surface area contributed by atoms with E-state index in [9.17, 15) is 5.11 Å². The number of aromatic nitrogens is 2. The van der Waals surface area contributed by atoms with Crippen LogP contribution in [0.2, 0.25) is 0 Å². The number of phenolic OH excluding ortho intramolecular Hbond substituents is 1. The van der Waals surface area contributed by atoms with E-state index >= 15 is 0 Å². The predicted octanol–water partition coefficient (Wildman–Crippen LogP) is 3.36. The highest BCUT2D eigenvalue weighted by atomic mass is 16.3. The van der Waals surface area contributed by atoms with Crippen LogP contribution in [0.25, 0.3) is 11.0 Å². The number of H-pyrrole nitrogens is 1. The fourth-order valence-electron chi connectivity index (χ4n) is 2.19. The Kier molecular flexibility index (Phi) is 2.95. The predicted molar refractivity (Wildman–Crippen MR) is 76.3 cm³/mol. The molecule has 0 radical (unpaired) electrons. The van der Waals surface area contributed by atoms with Gasteiger partial charge >= 0.3 is 0 Å². The van der Waals surface area contributed by atoms with Crippen LogP contribution in [0.3, 0.4) is 0 Å². The van der Waals surface area contributed by atoms with Crippen molar-refractivity contribution in [1.29, 1.82) is 0 Å². The summed E-state index contributed by atoms with van der Waals surface area (Å²) in [6.07, 6.45) is 1.84. The summed E-state index contributed by atoms with van der Waals surface area (Å²) >= 11 is 0. The molecule has 3 rings (SSSR count). The lowest BCUT2D eigenvalue weighted by molar-refractivity contribution is 0.476. The molecule has 0 saturated heterocycles. The smallest absolute Gasteiger partial charge is 0.117 e. The third-order valence-electron chi connectivity index (χ3n) is 3.29. The lowest BCUT2D eigenvalue weighted by atomic mass is 10.1. The molecular formula is C16H16N2O. The van der Waals surface area contributed by atoms with Gasteiger partial charge in [-0.15, -0.1) is 0 Å². The minimum atomic E-state index is 0.265. The van der Waals surface area contributed by atoms with E-state index in [0.717, 1.165) is 29.7 Å². The number of phenols is 1. The molecule has 0 atom stereocenters. The van der Waals surface area contributed by atoms with Gasteiger partial charge in [0.2, 0.25) is 0 Å². The van der Waals surface area contributed by atoms with E-state index in [4.69, 9.17) is 0 Å². The van der Waals surface area contributed by atoms with Crippen molar-refractivity contribution < 1.29 is 5.11 Å². The Hall–Kier alpha value is -2.29. The molecular weight excluding hydrogens is 236 g/mol. The second kappa shape index (κ2) is 4.76. The Labute approximate surface area is 111 Å². The largest absolute Gasteiger partial charge is 0.508 e. The Morgan fingerprint density at radius 1 is 1.05 bits per heavy atom. The summed E-state index contributed by atoms with van der Waals surface area (Å²) in [6.45, 7) is 2.09. The van der Waals surface area contributed by atoms with Gasteiger partial charge in [0.05, 0.1) is 11.0 Å². The monoisotopic (exact) mass is 252 g/mol. The van der Waals surface area contributed by atoms with Crippen LogP contribution in [-0.2, 0) is 12.8 Å². The number of nitrogens with one attached hydrogen (secondary N) is 1. The van der Waals surface area contributed by atoms with Crippen LogP contribution in [0.5, 0.6) is 5.75 Å². The maximum Gasteiger partial charge on any atom is 0.117 e. The molecule has 1 aromatic heterocycles.